The van der Waals surface area contributed by atoms with Gasteiger partial charge in [-0.25, -0.2) is 5.34 Å². The molecule has 0 saturated carbocycles. The summed E-state index contributed by atoms with van der Waals surface area (Å²) in [4.78, 5) is 26.8. The summed E-state index contributed by atoms with van der Waals surface area (Å²) in [5, 5.41) is 14.3. The second-order valence-electron chi connectivity index (χ2n) is 6.62. The first kappa shape index (κ1) is 23.8. The van der Waals surface area contributed by atoms with Gasteiger partial charge in [-0.2, -0.15) is 0 Å². The van der Waals surface area contributed by atoms with E-state index in [1.165, 1.54) is 0 Å². The summed E-state index contributed by atoms with van der Waals surface area (Å²) in [6.07, 6.45) is 4.48. The van der Waals surface area contributed by atoms with Crippen LogP contribution in [0.15, 0.2) is 0 Å². The van der Waals surface area contributed by atoms with Crippen molar-refractivity contribution in [1.29, 1.82) is 0 Å². The Balaban J connectivity index is 3.49. The van der Waals surface area contributed by atoms with E-state index in [2.05, 4.69) is 40.0 Å². The first-order valence-electron chi connectivity index (χ1n) is 9.15. The Morgan fingerprint density at radius 1 is 0.960 bits per heavy atom. The van der Waals surface area contributed by atoms with Crippen LogP contribution in [-0.4, -0.2) is 80.5 Å². The zero-order valence-corrected chi connectivity index (χ0v) is 16.3. The van der Waals surface area contributed by atoms with E-state index in [4.69, 9.17) is 5.02 Å². The summed E-state index contributed by atoms with van der Waals surface area (Å²) in [6.45, 7) is 7.78. The van der Waals surface area contributed by atoms with Crippen molar-refractivity contribution >= 4 is 18.9 Å². The molecule has 0 aromatic rings. The van der Waals surface area contributed by atoms with E-state index in [1.54, 1.807) is 13.7 Å². The number of amides is 2. The highest BCUT2D eigenvalue weighted by molar-refractivity contribution is 6.45. The zero-order chi connectivity index (χ0) is 19.1. The number of rotatable bonds is 15. The fraction of sp³-hybridized carbons (Fsp3) is 0.875. The number of carbonyl (C=O) groups is 2. The van der Waals surface area contributed by atoms with Gasteiger partial charge >= 0.3 is 7.05 Å². The van der Waals surface area contributed by atoms with Crippen LogP contribution in [0.1, 0.15) is 39.0 Å². The Bertz CT molecular complexity index is 372. The molecule has 0 aliphatic carbocycles. The Morgan fingerprint density at radius 2 is 1.48 bits per heavy atom. The van der Waals surface area contributed by atoms with Crippen LogP contribution in [0.25, 0.3) is 0 Å². The highest BCUT2D eigenvalue weighted by Crippen LogP contribution is 1.99. The van der Waals surface area contributed by atoms with Crippen LogP contribution in [0, 0.1) is 0 Å². The minimum absolute atomic E-state index is 0.0300. The van der Waals surface area contributed by atoms with Gasteiger partial charge in [0.05, 0.1) is 0 Å². The van der Waals surface area contributed by atoms with Crippen molar-refractivity contribution in [3.05, 3.63) is 0 Å². The molecule has 2 amide bonds. The maximum Gasteiger partial charge on any atom is 0.392 e. The van der Waals surface area contributed by atoms with Crippen molar-refractivity contribution in [2.24, 2.45) is 0 Å². The van der Waals surface area contributed by atoms with Crippen LogP contribution in [0.4, 0.5) is 0 Å². The standard InChI is InChI=1S/C16H36BN5O3/c1-15(23)18-10-8-14-22(4)12-6-5-11-21(3)13-7-9-16(24)19-20-17(2)25/h20,25H,5-14H2,1-4H3,(H,18,23)(H,19,24). The lowest BCUT2D eigenvalue weighted by Gasteiger charge is -2.19. The number of nitrogens with zero attached hydrogens (tertiary/aromatic N) is 2. The molecule has 146 valence electrons. The van der Waals surface area contributed by atoms with Crippen molar-refractivity contribution in [2.45, 2.75) is 45.9 Å². The SMILES string of the molecule is CB(O)NNC(=O)CCCN(C)CCCCN(C)CCCNC(C)=O. The van der Waals surface area contributed by atoms with Gasteiger partial charge in [0.15, 0.2) is 0 Å². The third-order valence-electron chi connectivity index (χ3n) is 3.78. The van der Waals surface area contributed by atoms with E-state index in [-0.39, 0.29) is 11.8 Å². The van der Waals surface area contributed by atoms with E-state index in [0.29, 0.717) is 6.42 Å². The Kier molecular flexibility index (Phi) is 14.4. The third kappa shape index (κ3) is 17.5. The number of hydrogen-bond donors (Lipinski definition) is 4. The minimum atomic E-state index is -0.741. The van der Waals surface area contributed by atoms with Gasteiger partial charge in [-0.3, -0.25) is 9.59 Å². The van der Waals surface area contributed by atoms with Gasteiger partial charge in [0.25, 0.3) is 0 Å². The van der Waals surface area contributed by atoms with Crippen molar-refractivity contribution in [1.82, 2.24) is 25.9 Å². The number of unbranched alkanes of at least 4 members (excludes halogenated alkanes) is 1. The quantitative estimate of drug-likeness (QED) is 0.182. The number of carbonyl (C=O) groups excluding carboxylic acids is 2. The summed E-state index contributed by atoms with van der Waals surface area (Å²) in [5.41, 5.74) is 2.46. The summed E-state index contributed by atoms with van der Waals surface area (Å²) < 4.78 is 0. The molecule has 8 nitrogen and oxygen atoms in total. The normalized spacial score (nSPS) is 11.0. The number of hydrazine groups is 1. The lowest BCUT2D eigenvalue weighted by atomic mass is 9.91. The smallest absolute Gasteiger partial charge is 0.392 e. The predicted octanol–water partition coefficient (Wildman–Crippen LogP) is -0.332. The van der Waals surface area contributed by atoms with E-state index in [9.17, 15) is 9.59 Å². The van der Waals surface area contributed by atoms with E-state index in [1.807, 2.05) is 0 Å². The minimum Gasteiger partial charge on any atom is -0.436 e. The molecular formula is C16H36BN5O3. The van der Waals surface area contributed by atoms with Gasteiger partial charge in [0.1, 0.15) is 0 Å². The molecule has 0 saturated heterocycles. The van der Waals surface area contributed by atoms with Crippen LogP contribution < -0.4 is 16.1 Å². The molecule has 0 unspecified atom stereocenters. The molecule has 0 rings (SSSR count). The molecule has 0 aliphatic rings. The van der Waals surface area contributed by atoms with Crippen LogP contribution in [0.3, 0.4) is 0 Å². The van der Waals surface area contributed by atoms with Gasteiger partial charge in [-0.05, 0) is 72.8 Å². The summed E-state index contributed by atoms with van der Waals surface area (Å²) in [6, 6.07) is 0. The molecule has 25 heavy (non-hydrogen) atoms. The Morgan fingerprint density at radius 3 is 2.00 bits per heavy atom. The largest absolute Gasteiger partial charge is 0.436 e. The maximum absolute atomic E-state index is 11.5. The molecule has 0 aromatic heterocycles. The molecule has 0 aliphatic heterocycles. The van der Waals surface area contributed by atoms with Crippen molar-refractivity contribution in [3.63, 3.8) is 0 Å². The van der Waals surface area contributed by atoms with Crippen LogP contribution in [-0.2, 0) is 9.59 Å². The topological polar surface area (TPSA) is 96.9 Å². The molecular weight excluding hydrogens is 321 g/mol. The second kappa shape index (κ2) is 15.1. The number of nitrogens with one attached hydrogen (secondary N) is 3. The van der Waals surface area contributed by atoms with Crippen molar-refractivity contribution in [3.8, 4) is 0 Å². The second-order valence-corrected chi connectivity index (χ2v) is 6.62. The molecule has 4 N–H and O–H groups in total. The monoisotopic (exact) mass is 357 g/mol. The van der Waals surface area contributed by atoms with Gasteiger partial charge in [-0.1, -0.05) is 0 Å². The van der Waals surface area contributed by atoms with Gasteiger partial charge in [0.2, 0.25) is 11.8 Å². The average Bonchev–Trinajstić information content (AvgIpc) is 2.53. The summed E-state index contributed by atoms with van der Waals surface area (Å²) >= 11 is 0. The first-order chi connectivity index (χ1) is 11.8. The molecule has 9 heteroatoms. The van der Waals surface area contributed by atoms with Gasteiger partial charge in [-0.15, -0.1) is 0 Å². The fourth-order valence-electron chi connectivity index (χ4n) is 2.36. The molecule has 0 atom stereocenters. The third-order valence-corrected chi connectivity index (χ3v) is 3.78. The van der Waals surface area contributed by atoms with E-state index < -0.39 is 7.05 Å². The Hall–Kier alpha value is -1.16. The van der Waals surface area contributed by atoms with Crippen LogP contribution in [0.2, 0.25) is 6.82 Å². The van der Waals surface area contributed by atoms with E-state index >= 15 is 0 Å². The zero-order valence-electron chi connectivity index (χ0n) is 16.3. The molecule has 0 fully saturated rings. The van der Waals surface area contributed by atoms with Gasteiger partial charge in [0, 0.05) is 19.9 Å². The molecule has 0 radical (unpaired) electrons. The highest BCUT2D eigenvalue weighted by Gasteiger charge is 2.06. The summed E-state index contributed by atoms with van der Waals surface area (Å²) in [7, 11) is 3.44. The molecule has 0 aromatic carbocycles. The number of hydrogen-bond acceptors (Lipinski definition) is 6. The van der Waals surface area contributed by atoms with Crippen LogP contribution in [0.5, 0.6) is 0 Å². The maximum atomic E-state index is 11.5. The van der Waals surface area contributed by atoms with Crippen LogP contribution >= 0.6 is 0 Å². The van der Waals surface area contributed by atoms with Crippen molar-refractivity contribution in [2.75, 3.05) is 46.8 Å². The average molecular weight is 357 g/mol. The van der Waals surface area contributed by atoms with Crippen molar-refractivity contribution < 1.29 is 14.6 Å². The molecule has 0 heterocycles. The van der Waals surface area contributed by atoms with E-state index in [0.717, 1.165) is 58.4 Å². The van der Waals surface area contributed by atoms with Gasteiger partial charge < -0.3 is 25.6 Å². The first-order valence-corrected chi connectivity index (χ1v) is 9.15. The predicted molar refractivity (Wildman–Crippen MR) is 102 cm³/mol. The highest BCUT2D eigenvalue weighted by atomic mass is 16.2. The lowest BCUT2D eigenvalue weighted by molar-refractivity contribution is -0.122. The summed E-state index contributed by atoms with van der Waals surface area (Å²) in [5.74, 6) is -0.0717. The molecule has 0 spiro atoms. The fourth-order valence-corrected chi connectivity index (χ4v) is 2.36. The Labute approximate surface area is 152 Å². The lowest BCUT2D eigenvalue weighted by Crippen LogP contribution is -2.45. The molecule has 0 bridgehead atoms.